The molecule has 2 amide bonds. The molecule has 0 saturated carbocycles. The van der Waals surface area contributed by atoms with Crippen LogP contribution in [0.15, 0.2) is 70.8 Å². The minimum absolute atomic E-state index is 0.00434. The molecule has 2 aromatic carbocycles. The van der Waals surface area contributed by atoms with Crippen LogP contribution in [0.5, 0.6) is 0 Å². The second-order valence-electron chi connectivity index (χ2n) is 7.96. The standard InChI is InChI=1S/C25H25N3O5/c1-16(2)15-26-25(30)21(27-24(29)18-10-8-17(3)9-11-18)14-19-12-13-23(33-19)20-6-4-5-7-22(20)28(31)32/h4-14,16H,15H2,1-3H3,(H,26,30)(H,27,29)/b21-14-. The minimum Gasteiger partial charge on any atom is -0.456 e. The number of furan rings is 1. The monoisotopic (exact) mass is 447 g/mol. The molecule has 170 valence electrons. The quantitative estimate of drug-likeness (QED) is 0.295. The van der Waals surface area contributed by atoms with Gasteiger partial charge < -0.3 is 15.1 Å². The van der Waals surface area contributed by atoms with E-state index in [1.165, 1.54) is 12.1 Å². The maximum atomic E-state index is 12.8. The third-order valence-electron chi connectivity index (χ3n) is 4.76. The Morgan fingerprint density at radius 1 is 1.06 bits per heavy atom. The van der Waals surface area contributed by atoms with Gasteiger partial charge in [-0.05, 0) is 43.2 Å². The molecule has 3 aromatic rings. The summed E-state index contributed by atoms with van der Waals surface area (Å²) in [5.74, 6) is -0.140. The summed E-state index contributed by atoms with van der Waals surface area (Å²) >= 11 is 0. The molecule has 0 aliphatic heterocycles. The predicted molar refractivity (Wildman–Crippen MR) is 125 cm³/mol. The lowest BCUT2D eigenvalue weighted by atomic mass is 10.1. The second-order valence-corrected chi connectivity index (χ2v) is 7.96. The van der Waals surface area contributed by atoms with Gasteiger partial charge in [0.15, 0.2) is 0 Å². The zero-order valence-electron chi connectivity index (χ0n) is 18.6. The van der Waals surface area contributed by atoms with Crippen molar-refractivity contribution in [1.82, 2.24) is 10.6 Å². The maximum absolute atomic E-state index is 12.8. The van der Waals surface area contributed by atoms with Crippen LogP contribution >= 0.6 is 0 Å². The molecule has 33 heavy (non-hydrogen) atoms. The number of hydrogen-bond acceptors (Lipinski definition) is 5. The fourth-order valence-electron chi connectivity index (χ4n) is 3.01. The van der Waals surface area contributed by atoms with E-state index in [1.807, 2.05) is 32.9 Å². The highest BCUT2D eigenvalue weighted by Gasteiger charge is 2.19. The number of hydrogen-bond donors (Lipinski definition) is 2. The number of rotatable bonds is 8. The van der Waals surface area contributed by atoms with Gasteiger partial charge in [-0.2, -0.15) is 0 Å². The number of carbonyl (C=O) groups is 2. The van der Waals surface area contributed by atoms with Gasteiger partial charge in [0, 0.05) is 24.3 Å². The first-order valence-electron chi connectivity index (χ1n) is 10.5. The van der Waals surface area contributed by atoms with Gasteiger partial charge in [-0.15, -0.1) is 0 Å². The van der Waals surface area contributed by atoms with Crippen LogP contribution in [-0.4, -0.2) is 23.3 Å². The molecule has 0 atom stereocenters. The summed E-state index contributed by atoms with van der Waals surface area (Å²) in [7, 11) is 0. The molecule has 1 aromatic heterocycles. The summed E-state index contributed by atoms with van der Waals surface area (Å²) < 4.78 is 5.76. The summed E-state index contributed by atoms with van der Waals surface area (Å²) in [5.41, 5.74) is 1.64. The van der Waals surface area contributed by atoms with E-state index in [0.29, 0.717) is 17.7 Å². The first kappa shape index (κ1) is 23.5. The predicted octanol–water partition coefficient (Wildman–Crippen LogP) is 4.71. The number of nitrogens with one attached hydrogen (secondary N) is 2. The Kier molecular flexibility index (Phi) is 7.40. The fourth-order valence-corrected chi connectivity index (χ4v) is 3.01. The van der Waals surface area contributed by atoms with Crippen molar-refractivity contribution in [2.45, 2.75) is 20.8 Å². The van der Waals surface area contributed by atoms with Crippen molar-refractivity contribution in [3.05, 3.63) is 93.4 Å². The smallest absolute Gasteiger partial charge is 0.280 e. The van der Waals surface area contributed by atoms with Gasteiger partial charge in [-0.1, -0.05) is 43.7 Å². The highest BCUT2D eigenvalue weighted by atomic mass is 16.6. The molecule has 0 spiro atoms. The van der Waals surface area contributed by atoms with E-state index in [1.54, 1.807) is 42.5 Å². The number of benzene rings is 2. The lowest BCUT2D eigenvalue weighted by Crippen LogP contribution is -2.36. The lowest BCUT2D eigenvalue weighted by Gasteiger charge is -2.12. The van der Waals surface area contributed by atoms with Crippen molar-refractivity contribution in [1.29, 1.82) is 0 Å². The van der Waals surface area contributed by atoms with Gasteiger partial charge in [0.2, 0.25) is 0 Å². The summed E-state index contributed by atoms with van der Waals surface area (Å²) in [4.78, 5) is 36.3. The van der Waals surface area contributed by atoms with Gasteiger partial charge in [0.25, 0.3) is 17.5 Å². The van der Waals surface area contributed by atoms with Gasteiger partial charge >= 0.3 is 0 Å². The van der Waals surface area contributed by atoms with Crippen LogP contribution in [-0.2, 0) is 4.79 Å². The molecule has 0 fully saturated rings. The molecule has 8 heteroatoms. The van der Waals surface area contributed by atoms with Gasteiger partial charge in [-0.3, -0.25) is 19.7 Å². The number of aryl methyl sites for hydroxylation is 1. The summed E-state index contributed by atoms with van der Waals surface area (Å²) in [6.45, 7) is 6.26. The van der Waals surface area contributed by atoms with Crippen LogP contribution in [0.2, 0.25) is 0 Å². The van der Waals surface area contributed by atoms with E-state index in [0.717, 1.165) is 5.56 Å². The Bertz CT molecular complexity index is 1190. The zero-order chi connectivity index (χ0) is 24.0. The van der Waals surface area contributed by atoms with Crippen LogP contribution in [0, 0.1) is 23.0 Å². The number of nitrogens with zero attached hydrogens (tertiary/aromatic N) is 1. The van der Waals surface area contributed by atoms with Crippen LogP contribution in [0.25, 0.3) is 17.4 Å². The van der Waals surface area contributed by atoms with E-state index in [-0.39, 0.29) is 28.8 Å². The topological polar surface area (TPSA) is 114 Å². The summed E-state index contributed by atoms with van der Waals surface area (Å²) in [5, 5.41) is 16.7. The Hall–Kier alpha value is -4.20. The van der Waals surface area contributed by atoms with Crippen molar-refractivity contribution in [2.75, 3.05) is 6.54 Å². The van der Waals surface area contributed by atoms with E-state index in [2.05, 4.69) is 10.6 Å². The molecule has 0 aliphatic rings. The molecule has 0 saturated heterocycles. The normalized spacial score (nSPS) is 11.3. The molecular formula is C25H25N3O5. The van der Waals surface area contributed by atoms with E-state index in [4.69, 9.17) is 4.42 Å². The first-order chi connectivity index (χ1) is 15.7. The van der Waals surface area contributed by atoms with Crippen molar-refractivity contribution < 1.29 is 18.9 Å². The van der Waals surface area contributed by atoms with Gasteiger partial charge in [0.1, 0.15) is 17.2 Å². The summed E-state index contributed by atoms with van der Waals surface area (Å²) in [6, 6.07) is 16.3. The Morgan fingerprint density at radius 3 is 2.42 bits per heavy atom. The molecule has 0 aliphatic carbocycles. The molecule has 8 nitrogen and oxygen atoms in total. The highest BCUT2D eigenvalue weighted by molar-refractivity contribution is 6.05. The molecule has 2 N–H and O–H groups in total. The molecule has 3 rings (SSSR count). The van der Waals surface area contributed by atoms with Crippen LogP contribution in [0.1, 0.15) is 35.5 Å². The number of para-hydroxylation sites is 1. The minimum atomic E-state index is -0.486. The summed E-state index contributed by atoms with van der Waals surface area (Å²) in [6.07, 6.45) is 1.40. The van der Waals surface area contributed by atoms with E-state index in [9.17, 15) is 19.7 Å². The van der Waals surface area contributed by atoms with Crippen LogP contribution in [0.4, 0.5) is 5.69 Å². The maximum Gasteiger partial charge on any atom is 0.280 e. The van der Waals surface area contributed by atoms with Crippen LogP contribution in [0.3, 0.4) is 0 Å². The third-order valence-corrected chi connectivity index (χ3v) is 4.76. The largest absolute Gasteiger partial charge is 0.456 e. The number of nitro benzene ring substituents is 1. The van der Waals surface area contributed by atoms with Gasteiger partial charge in [0.05, 0.1) is 10.5 Å². The Morgan fingerprint density at radius 2 is 1.76 bits per heavy atom. The lowest BCUT2D eigenvalue weighted by molar-refractivity contribution is -0.384. The molecule has 0 radical (unpaired) electrons. The van der Waals surface area contributed by atoms with E-state index >= 15 is 0 Å². The number of amides is 2. The number of nitro groups is 1. The average Bonchev–Trinajstić information content (AvgIpc) is 3.25. The number of carbonyl (C=O) groups excluding carboxylic acids is 2. The zero-order valence-corrected chi connectivity index (χ0v) is 18.6. The second kappa shape index (κ2) is 10.4. The Balaban J connectivity index is 1.91. The third kappa shape index (κ3) is 6.16. The SMILES string of the molecule is Cc1ccc(C(=O)N/C(=C\c2ccc(-c3ccccc3[N+](=O)[O-])o2)C(=O)NCC(C)C)cc1. The highest BCUT2D eigenvalue weighted by Crippen LogP contribution is 2.31. The van der Waals surface area contributed by atoms with E-state index < -0.39 is 16.7 Å². The van der Waals surface area contributed by atoms with Crippen molar-refractivity contribution in [3.63, 3.8) is 0 Å². The first-order valence-corrected chi connectivity index (χ1v) is 10.5. The molecule has 0 unspecified atom stereocenters. The van der Waals surface area contributed by atoms with Gasteiger partial charge in [-0.25, -0.2) is 0 Å². The van der Waals surface area contributed by atoms with Crippen LogP contribution < -0.4 is 10.6 Å². The molecule has 0 bridgehead atoms. The average molecular weight is 447 g/mol. The van der Waals surface area contributed by atoms with Crippen molar-refractivity contribution >= 4 is 23.6 Å². The Labute approximate surface area is 191 Å². The molecular weight excluding hydrogens is 422 g/mol. The van der Waals surface area contributed by atoms with Crippen molar-refractivity contribution in [2.24, 2.45) is 5.92 Å². The molecule has 1 heterocycles. The van der Waals surface area contributed by atoms with Crippen molar-refractivity contribution in [3.8, 4) is 11.3 Å². The fraction of sp³-hybridized carbons (Fsp3) is 0.200.